The van der Waals surface area contributed by atoms with Gasteiger partial charge in [0.2, 0.25) is 0 Å². The minimum atomic E-state index is 0.518. The Balaban J connectivity index is 2.32. The van der Waals surface area contributed by atoms with Crippen LogP contribution >= 0.6 is 15.9 Å². The van der Waals surface area contributed by atoms with Crippen LogP contribution in [0.5, 0.6) is 5.75 Å². The van der Waals surface area contributed by atoms with Crippen molar-refractivity contribution >= 4 is 15.9 Å². The highest BCUT2D eigenvalue weighted by atomic mass is 79.9. The molecule has 13 heavy (non-hydrogen) atoms. The molecule has 3 nitrogen and oxygen atoms in total. The van der Waals surface area contributed by atoms with Crippen LogP contribution in [0.25, 0.3) is 0 Å². The van der Waals surface area contributed by atoms with Gasteiger partial charge in [0.05, 0.1) is 17.7 Å². The lowest BCUT2D eigenvalue weighted by Gasteiger charge is -2.06. The molecule has 1 aromatic rings. The number of rotatable bonds is 5. The number of halogens is 1. The van der Waals surface area contributed by atoms with Crippen molar-refractivity contribution in [1.29, 1.82) is 0 Å². The second-order valence-electron chi connectivity index (χ2n) is 2.50. The van der Waals surface area contributed by atoms with E-state index >= 15 is 0 Å². The lowest BCUT2D eigenvalue weighted by molar-refractivity contribution is 0.122. The molecular formula is C9H12BrNO2. The first-order chi connectivity index (χ1) is 6.34. The molecule has 0 aliphatic rings. The molecule has 1 rings (SSSR count). The lowest BCUT2D eigenvalue weighted by atomic mass is 10.3. The number of para-hydroxylation sites is 1. The second kappa shape index (κ2) is 5.96. The van der Waals surface area contributed by atoms with Gasteiger partial charge in [0.1, 0.15) is 5.75 Å². The Morgan fingerprint density at radius 1 is 1.23 bits per heavy atom. The average molecular weight is 246 g/mol. The van der Waals surface area contributed by atoms with Crippen molar-refractivity contribution in [2.45, 2.75) is 6.42 Å². The first kappa shape index (κ1) is 10.5. The summed E-state index contributed by atoms with van der Waals surface area (Å²) in [6, 6.07) is 7.72. The van der Waals surface area contributed by atoms with Crippen LogP contribution in [0.15, 0.2) is 28.7 Å². The van der Waals surface area contributed by atoms with Crippen LogP contribution in [0.3, 0.4) is 0 Å². The van der Waals surface area contributed by atoms with Crippen molar-refractivity contribution in [3.63, 3.8) is 0 Å². The van der Waals surface area contributed by atoms with Crippen LogP contribution in [0, 0.1) is 0 Å². The third kappa shape index (κ3) is 3.76. The summed E-state index contributed by atoms with van der Waals surface area (Å²) < 4.78 is 6.42. The van der Waals surface area contributed by atoms with Gasteiger partial charge in [0.15, 0.2) is 0 Å². The molecule has 0 saturated carbocycles. The Hall–Kier alpha value is -0.580. The molecule has 72 valence electrons. The van der Waals surface area contributed by atoms with Gasteiger partial charge in [-0.25, -0.2) is 5.90 Å². The van der Waals surface area contributed by atoms with E-state index in [1.165, 1.54) is 0 Å². The standard InChI is InChI=1S/C9H12BrNO2/c10-8-4-1-2-5-9(8)12-6-3-7-13-11/h1-2,4-5H,3,6-7,11H2. The van der Waals surface area contributed by atoms with E-state index in [-0.39, 0.29) is 0 Å². The van der Waals surface area contributed by atoms with Gasteiger partial charge in [-0.2, -0.15) is 0 Å². The van der Waals surface area contributed by atoms with Crippen molar-refractivity contribution in [3.8, 4) is 5.75 Å². The van der Waals surface area contributed by atoms with Gasteiger partial charge in [-0.15, -0.1) is 0 Å². The summed E-state index contributed by atoms with van der Waals surface area (Å²) in [7, 11) is 0. The van der Waals surface area contributed by atoms with Crippen LogP contribution in [0.1, 0.15) is 6.42 Å². The molecule has 0 aliphatic carbocycles. The highest BCUT2D eigenvalue weighted by molar-refractivity contribution is 9.10. The number of hydrogen-bond donors (Lipinski definition) is 1. The summed E-state index contributed by atoms with van der Waals surface area (Å²) in [6.45, 7) is 1.13. The predicted molar refractivity (Wildman–Crippen MR) is 54.4 cm³/mol. The smallest absolute Gasteiger partial charge is 0.133 e. The van der Waals surface area contributed by atoms with E-state index in [1.807, 2.05) is 24.3 Å². The van der Waals surface area contributed by atoms with Crippen LogP contribution < -0.4 is 10.6 Å². The van der Waals surface area contributed by atoms with Gasteiger partial charge in [0, 0.05) is 6.42 Å². The zero-order chi connectivity index (χ0) is 9.52. The molecule has 0 fully saturated rings. The Bertz CT molecular complexity index is 255. The quantitative estimate of drug-likeness (QED) is 0.639. The molecule has 4 heteroatoms. The number of hydrogen-bond acceptors (Lipinski definition) is 3. The van der Waals surface area contributed by atoms with E-state index in [4.69, 9.17) is 10.6 Å². The number of ether oxygens (including phenoxy) is 1. The van der Waals surface area contributed by atoms with Crippen molar-refractivity contribution in [3.05, 3.63) is 28.7 Å². The van der Waals surface area contributed by atoms with Gasteiger partial charge in [0.25, 0.3) is 0 Å². The van der Waals surface area contributed by atoms with E-state index < -0.39 is 0 Å². The van der Waals surface area contributed by atoms with Gasteiger partial charge in [-0.1, -0.05) is 12.1 Å². The monoisotopic (exact) mass is 245 g/mol. The Morgan fingerprint density at radius 3 is 2.69 bits per heavy atom. The maximum Gasteiger partial charge on any atom is 0.133 e. The molecule has 0 spiro atoms. The fourth-order valence-corrected chi connectivity index (χ4v) is 1.29. The second-order valence-corrected chi connectivity index (χ2v) is 3.36. The summed E-state index contributed by atoms with van der Waals surface area (Å²) >= 11 is 3.38. The molecule has 0 aromatic heterocycles. The van der Waals surface area contributed by atoms with E-state index in [1.54, 1.807) is 0 Å². The first-order valence-electron chi connectivity index (χ1n) is 4.03. The molecule has 0 unspecified atom stereocenters. The molecule has 0 heterocycles. The highest BCUT2D eigenvalue weighted by Crippen LogP contribution is 2.23. The Morgan fingerprint density at radius 2 is 2.00 bits per heavy atom. The minimum absolute atomic E-state index is 0.518. The largest absolute Gasteiger partial charge is 0.492 e. The highest BCUT2D eigenvalue weighted by Gasteiger charge is 1.97. The minimum Gasteiger partial charge on any atom is -0.492 e. The summed E-state index contributed by atoms with van der Waals surface area (Å²) in [5, 5.41) is 0. The summed E-state index contributed by atoms with van der Waals surface area (Å²) in [5.74, 6) is 5.72. The maximum absolute atomic E-state index is 5.46. The summed E-state index contributed by atoms with van der Waals surface area (Å²) in [5.41, 5.74) is 0. The topological polar surface area (TPSA) is 44.5 Å². The molecule has 0 saturated heterocycles. The van der Waals surface area contributed by atoms with Crippen molar-refractivity contribution in [2.75, 3.05) is 13.2 Å². The zero-order valence-corrected chi connectivity index (χ0v) is 8.79. The maximum atomic E-state index is 5.46. The van der Waals surface area contributed by atoms with Gasteiger partial charge < -0.3 is 9.57 Å². The molecule has 2 N–H and O–H groups in total. The van der Waals surface area contributed by atoms with Crippen molar-refractivity contribution in [2.24, 2.45) is 5.90 Å². The van der Waals surface area contributed by atoms with E-state index in [0.29, 0.717) is 13.2 Å². The SMILES string of the molecule is NOCCCOc1ccccc1Br. The van der Waals surface area contributed by atoms with Crippen LogP contribution in [-0.4, -0.2) is 13.2 Å². The molecule has 1 aromatic carbocycles. The Kier molecular flexibility index (Phi) is 4.82. The molecule has 0 aliphatic heterocycles. The fourth-order valence-electron chi connectivity index (χ4n) is 0.886. The van der Waals surface area contributed by atoms with E-state index in [9.17, 15) is 0 Å². The van der Waals surface area contributed by atoms with Gasteiger partial charge >= 0.3 is 0 Å². The molecule has 0 amide bonds. The Labute approximate surface area is 85.9 Å². The van der Waals surface area contributed by atoms with E-state index in [2.05, 4.69) is 20.8 Å². The third-order valence-corrected chi connectivity index (χ3v) is 2.16. The summed E-state index contributed by atoms with van der Waals surface area (Å²) in [6.07, 6.45) is 0.790. The average Bonchev–Trinajstić information content (AvgIpc) is 2.15. The molecule has 0 atom stereocenters. The predicted octanol–water partition coefficient (Wildman–Crippen LogP) is 2.11. The van der Waals surface area contributed by atoms with Crippen molar-refractivity contribution in [1.82, 2.24) is 0 Å². The van der Waals surface area contributed by atoms with Gasteiger partial charge in [-0.3, -0.25) is 0 Å². The molecular weight excluding hydrogens is 234 g/mol. The van der Waals surface area contributed by atoms with Crippen LogP contribution in [0.4, 0.5) is 0 Å². The van der Waals surface area contributed by atoms with E-state index in [0.717, 1.165) is 16.6 Å². The molecule has 0 radical (unpaired) electrons. The molecule has 0 bridgehead atoms. The number of benzene rings is 1. The first-order valence-corrected chi connectivity index (χ1v) is 4.83. The zero-order valence-electron chi connectivity index (χ0n) is 7.20. The van der Waals surface area contributed by atoms with Gasteiger partial charge in [-0.05, 0) is 28.1 Å². The van der Waals surface area contributed by atoms with Crippen LogP contribution in [0.2, 0.25) is 0 Å². The normalized spacial score (nSPS) is 10.0. The van der Waals surface area contributed by atoms with Crippen molar-refractivity contribution < 1.29 is 9.57 Å². The summed E-state index contributed by atoms with van der Waals surface area (Å²) in [4.78, 5) is 4.42. The fraction of sp³-hybridized carbons (Fsp3) is 0.333. The van der Waals surface area contributed by atoms with Crippen LogP contribution in [-0.2, 0) is 4.84 Å². The number of nitrogens with two attached hydrogens (primary N) is 1. The lowest BCUT2D eigenvalue weighted by Crippen LogP contribution is -2.06. The third-order valence-electron chi connectivity index (χ3n) is 1.50.